The Kier molecular flexibility index (Phi) is 6.58. The second-order valence-corrected chi connectivity index (χ2v) is 3.87. The van der Waals surface area contributed by atoms with Gasteiger partial charge in [-0.25, -0.2) is 4.39 Å². The number of anilines is 1. The zero-order valence-corrected chi connectivity index (χ0v) is 10.5. The predicted octanol–water partition coefficient (Wildman–Crippen LogP) is 2.60. The van der Waals surface area contributed by atoms with Gasteiger partial charge in [-0.3, -0.25) is 0 Å². The topological polar surface area (TPSA) is 30.5 Å². The maximum Gasteiger partial charge on any atom is 0.146 e. The van der Waals surface area contributed by atoms with Gasteiger partial charge in [0.2, 0.25) is 0 Å². The van der Waals surface area contributed by atoms with Gasteiger partial charge in [0, 0.05) is 20.3 Å². The average Bonchev–Trinajstić information content (AvgIpc) is 2.30. The molecule has 0 atom stereocenters. The first-order chi connectivity index (χ1) is 8.24. The van der Waals surface area contributed by atoms with Crippen LogP contribution in [0.4, 0.5) is 10.1 Å². The average molecular weight is 241 g/mol. The molecule has 0 aromatic heterocycles. The van der Waals surface area contributed by atoms with E-state index < -0.39 is 0 Å². The first-order valence-electron chi connectivity index (χ1n) is 5.80. The van der Waals surface area contributed by atoms with Crippen molar-refractivity contribution in [3.05, 3.63) is 29.6 Å². The smallest absolute Gasteiger partial charge is 0.146 e. The molecule has 0 aliphatic heterocycles. The first kappa shape index (κ1) is 13.9. The molecule has 0 radical (unpaired) electrons. The molecule has 1 aromatic carbocycles. The Morgan fingerprint density at radius 1 is 1.24 bits per heavy atom. The molecule has 0 amide bonds. The van der Waals surface area contributed by atoms with Crippen LogP contribution in [0.1, 0.15) is 12.0 Å². The number of halogens is 1. The fourth-order valence-electron chi connectivity index (χ4n) is 1.41. The second-order valence-electron chi connectivity index (χ2n) is 3.87. The summed E-state index contributed by atoms with van der Waals surface area (Å²) in [5, 5.41) is 3.04. The van der Waals surface area contributed by atoms with Gasteiger partial charge in [0.1, 0.15) is 5.82 Å². The van der Waals surface area contributed by atoms with Gasteiger partial charge < -0.3 is 14.8 Å². The molecule has 1 N–H and O–H groups in total. The van der Waals surface area contributed by atoms with E-state index in [1.165, 1.54) is 6.07 Å². The van der Waals surface area contributed by atoms with E-state index >= 15 is 0 Å². The second kappa shape index (κ2) is 8.03. The number of rotatable bonds is 8. The molecule has 0 bridgehead atoms. The standard InChI is InChI=1S/C13H20FNO2/c1-11-4-5-13(12(14)10-11)15-6-3-7-17-9-8-16-2/h4-5,10,15H,3,6-9H2,1-2H3. The molecule has 0 unspecified atom stereocenters. The Morgan fingerprint density at radius 2 is 2.06 bits per heavy atom. The van der Waals surface area contributed by atoms with E-state index in [0.717, 1.165) is 12.0 Å². The van der Waals surface area contributed by atoms with Crippen LogP contribution in [-0.4, -0.2) is 33.5 Å². The minimum Gasteiger partial charge on any atom is -0.383 e. The third kappa shape index (κ3) is 5.65. The minimum absolute atomic E-state index is 0.203. The molecule has 96 valence electrons. The van der Waals surface area contributed by atoms with Crippen LogP contribution in [0, 0.1) is 12.7 Å². The summed E-state index contributed by atoms with van der Waals surface area (Å²) in [6.45, 7) is 4.45. The van der Waals surface area contributed by atoms with Crippen molar-refractivity contribution in [1.29, 1.82) is 0 Å². The number of methoxy groups -OCH3 is 1. The molecule has 17 heavy (non-hydrogen) atoms. The summed E-state index contributed by atoms with van der Waals surface area (Å²) in [7, 11) is 1.64. The van der Waals surface area contributed by atoms with E-state index in [9.17, 15) is 4.39 Å². The molecular weight excluding hydrogens is 221 g/mol. The third-order valence-corrected chi connectivity index (χ3v) is 2.34. The van der Waals surface area contributed by atoms with Crippen LogP contribution in [-0.2, 0) is 9.47 Å². The fraction of sp³-hybridized carbons (Fsp3) is 0.538. The van der Waals surface area contributed by atoms with Crippen LogP contribution in [0.2, 0.25) is 0 Å². The van der Waals surface area contributed by atoms with Crippen LogP contribution in [0.25, 0.3) is 0 Å². The Hall–Kier alpha value is -1.13. The molecule has 0 saturated carbocycles. The van der Waals surface area contributed by atoms with Gasteiger partial charge in [-0.1, -0.05) is 6.07 Å². The van der Waals surface area contributed by atoms with Crippen LogP contribution in [0.3, 0.4) is 0 Å². The molecule has 4 heteroatoms. The molecule has 0 aliphatic rings. The van der Waals surface area contributed by atoms with Gasteiger partial charge in [0.05, 0.1) is 18.9 Å². The minimum atomic E-state index is -0.203. The van der Waals surface area contributed by atoms with Gasteiger partial charge in [-0.2, -0.15) is 0 Å². The number of hydrogen-bond acceptors (Lipinski definition) is 3. The monoisotopic (exact) mass is 241 g/mol. The molecule has 0 aliphatic carbocycles. The summed E-state index contributed by atoms with van der Waals surface area (Å²) in [6.07, 6.45) is 0.844. The highest BCUT2D eigenvalue weighted by molar-refractivity contribution is 5.45. The van der Waals surface area contributed by atoms with E-state index in [1.807, 2.05) is 13.0 Å². The van der Waals surface area contributed by atoms with Crippen molar-refractivity contribution in [3.8, 4) is 0 Å². The lowest BCUT2D eigenvalue weighted by Crippen LogP contribution is -2.09. The van der Waals surface area contributed by atoms with Gasteiger partial charge in [-0.15, -0.1) is 0 Å². The Balaban J connectivity index is 2.14. The first-order valence-corrected chi connectivity index (χ1v) is 5.80. The van der Waals surface area contributed by atoms with Crippen molar-refractivity contribution >= 4 is 5.69 Å². The lowest BCUT2D eigenvalue weighted by atomic mass is 10.2. The summed E-state index contributed by atoms with van der Waals surface area (Å²) in [6, 6.07) is 5.17. The fourth-order valence-corrected chi connectivity index (χ4v) is 1.41. The number of nitrogens with one attached hydrogen (secondary N) is 1. The zero-order chi connectivity index (χ0) is 12.5. The van der Waals surface area contributed by atoms with Crippen molar-refractivity contribution in [3.63, 3.8) is 0 Å². The summed E-state index contributed by atoms with van der Waals surface area (Å²) >= 11 is 0. The third-order valence-electron chi connectivity index (χ3n) is 2.34. The molecule has 1 aromatic rings. The van der Waals surface area contributed by atoms with Crippen LogP contribution < -0.4 is 5.32 Å². The van der Waals surface area contributed by atoms with Crippen molar-refractivity contribution in [2.24, 2.45) is 0 Å². The summed E-state index contributed by atoms with van der Waals surface area (Å²) in [5.74, 6) is -0.203. The number of hydrogen-bond donors (Lipinski definition) is 1. The molecular formula is C13H20FNO2. The van der Waals surface area contributed by atoms with Crippen LogP contribution >= 0.6 is 0 Å². The predicted molar refractivity (Wildman–Crippen MR) is 66.9 cm³/mol. The Morgan fingerprint density at radius 3 is 2.76 bits per heavy atom. The van der Waals surface area contributed by atoms with Crippen molar-refractivity contribution in [2.45, 2.75) is 13.3 Å². The SMILES string of the molecule is COCCOCCCNc1ccc(C)cc1F. The zero-order valence-electron chi connectivity index (χ0n) is 10.5. The molecule has 0 heterocycles. The van der Waals surface area contributed by atoms with Crippen molar-refractivity contribution in [2.75, 3.05) is 38.8 Å². The van der Waals surface area contributed by atoms with Gasteiger partial charge >= 0.3 is 0 Å². The van der Waals surface area contributed by atoms with E-state index in [2.05, 4.69) is 5.32 Å². The Labute approximate surface area is 102 Å². The Bertz CT molecular complexity index is 331. The van der Waals surface area contributed by atoms with E-state index in [-0.39, 0.29) is 5.82 Å². The lowest BCUT2D eigenvalue weighted by molar-refractivity contribution is 0.0705. The summed E-state index contributed by atoms with van der Waals surface area (Å²) < 4.78 is 23.6. The van der Waals surface area contributed by atoms with Gasteiger partial charge in [0.25, 0.3) is 0 Å². The number of aryl methyl sites for hydroxylation is 1. The number of benzene rings is 1. The quantitative estimate of drug-likeness (QED) is 0.710. The van der Waals surface area contributed by atoms with E-state index in [1.54, 1.807) is 13.2 Å². The van der Waals surface area contributed by atoms with E-state index in [4.69, 9.17) is 9.47 Å². The van der Waals surface area contributed by atoms with Crippen LogP contribution in [0.5, 0.6) is 0 Å². The van der Waals surface area contributed by atoms with E-state index in [0.29, 0.717) is 32.1 Å². The summed E-state index contributed by atoms with van der Waals surface area (Å²) in [5.41, 5.74) is 1.48. The highest BCUT2D eigenvalue weighted by Gasteiger charge is 2.00. The molecule has 0 saturated heterocycles. The molecule has 1 rings (SSSR count). The van der Waals surface area contributed by atoms with Crippen LogP contribution in [0.15, 0.2) is 18.2 Å². The molecule has 0 spiro atoms. The van der Waals surface area contributed by atoms with Crippen molar-refractivity contribution < 1.29 is 13.9 Å². The van der Waals surface area contributed by atoms with Crippen molar-refractivity contribution in [1.82, 2.24) is 0 Å². The largest absolute Gasteiger partial charge is 0.383 e. The molecule has 3 nitrogen and oxygen atoms in total. The van der Waals surface area contributed by atoms with Gasteiger partial charge in [-0.05, 0) is 31.0 Å². The number of ether oxygens (including phenoxy) is 2. The maximum atomic E-state index is 13.4. The maximum absolute atomic E-state index is 13.4. The summed E-state index contributed by atoms with van der Waals surface area (Å²) in [4.78, 5) is 0. The van der Waals surface area contributed by atoms with Gasteiger partial charge in [0.15, 0.2) is 0 Å². The lowest BCUT2D eigenvalue weighted by Gasteiger charge is -2.08. The highest BCUT2D eigenvalue weighted by Crippen LogP contribution is 2.14. The highest BCUT2D eigenvalue weighted by atomic mass is 19.1. The normalized spacial score (nSPS) is 10.5. The molecule has 0 fully saturated rings.